The fourth-order valence-electron chi connectivity index (χ4n) is 2.44. The van der Waals surface area contributed by atoms with Gasteiger partial charge in [-0.15, -0.1) is 0 Å². The number of hydrogen-bond donors (Lipinski definition) is 0. The van der Waals surface area contributed by atoms with Crippen molar-refractivity contribution in [1.82, 2.24) is 0 Å². The van der Waals surface area contributed by atoms with Crippen LogP contribution in [0.5, 0.6) is 0 Å². The molecule has 0 spiro atoms. The van der Waals surface area contributed by atoms with Gasteiger partial charge >= 0.3 is 0 Å². The molecule has 0 bridgehead atoms. The van der Waals surface area contributed by atoms with Gasteiger partial charge in [-0.3, -0.25) is 4.79 Å². The van der Waals surface area contributed by atoms with E-state index < -0.39 is 0 Å². The number of benzene rings is 1. The molecule has 1 aromatic carbocycles. The third-order valence-corrected chi connectivity index (χ3v) is 3.68. The molecular formula is C15H19ClO2. The summed E-state index contributed by atoms with van der Waals surface area (Å²) < 4.78 is 5.50. The first-order chi connectivity index (χ1) is 8.67. The predicted octanol–water partition coefficient (Wildman–Crippen LogP) is 3.66. The monoisotopic (exact) mass is 266 g/mol. The maximum absolute atomic E-state index is 11.9. The molecule has 2 nitrogen and oxygen atoms in total. The van der Waals surface area contributed by atoms with Crippen molar-refractivity contribution >= 4 is 17.4 Å². The topological polar surface area (TPSA) is 26.3 Å². The molecule has 0 saturated heterocycles. The van der Waals surface area contributed by atoms with Crippen LogP contribution in [0.4, 0.5) is 0 Å². The van der Waals surface area contributed by atoms with E-state index >= 15 is 0 Å². The van der Waals surface area contributed by atoms with Gasteiger partial charge in [0.25, 0.3) is 0 Å². The SMILES string of the molecule is CCOC1CC(CC(=O)Cc2ccc(Cl)cc2)C1. The van der Waals surface area contributed by atoms with E-state index in [4.69, 9.17) is 16.3 Å². The summed E-state index contributed by atoms with van der Waals surface area (Å²) in [4.78, 5) is 11.9. The molecule has 1 saturated carbocycles. The lowest BCUT2D eigenvalue weighted by molar-refractivity contribution is -0.121. The number of ketones is 1. The second-order valence-corrected chi connectivity index (χ2v) is 5.40. The van der Waals surface area contributed by atoms with Crippen LogP contribution in [0.15, 0.2) is 24.3 Å². The molecule has 1 aliphatic carbocycles. The van der Waals surface area contributed by atoms with Gasteiger partial charge in [-0.25, -0.2) is 0 Å². The highest BCUT2D eigenvalue weighted by Gasteiger charge is 2.30. The van der Waals surface area contributed by atoms with Crippen LogP contribution in [0.2, 0.25) is 5.02 Å². The summed E-state index contributed by atoms with van der Waals surface area (Å²) in [7, 11) is 0. The average molecular weight is 267 g/mol. The Labute approximate surface area is 113 Å². The fraction of sp³-hybridized carbons (Fsp3) is 0.533. The number of rotatable bonds is 6. The lowest BCUT2D eigenvalue weighted by Crippen LogP contribution is -2.33. The summed E-state index contributed by atoms with van der Waals surface area (Å²) in [5.41, 5.74) is 1.05. The molecule has 0 atom stereocenters. The Hall–Kier alpha value is -0.860. The zero-order chi connectivity index (χ0) is 13.0. The minimum absolute atomic E-state index is 0.317. The maximum Gasteiger partial charge on any atom is 0.137 e. The number of ether oxygens (including phenoxy) is 1. The Balaban J connectivity index is 1.72. The van der Waals surface area contributed by atoms with Crippen LogP contribution in [0.1, 0.15) is 31.7 Å². The second-order valence-electron chi connectivity index (χ2n) is 4.96. The molecule has 18 heavy (non-hydrogen) atoms. The van der Waals surface area contributed by atoms with Crippen molar-refractivity contribution in [2.45, 2.75) is 38.7 Å². The molecule has 1 aliphatic rings. The molecule has 0 amide bonds. The van der Waals surface area contributed by atoms with Crippen molar-refractivity contribution in [1.29, 1.82) is 0 Å². The zero-order valence-electron chi connectivity index (χ0n) is 10.7. The highest BCUT2D eigenvalue weighted by molar-refractivity contribution is 6.30. The standard InChI is InChI=1S/C15H19ClO2/c1-2-18-15-9-12(10-15)8-14(17)7-11-3-5-13(16)6-4-11/h3-6,12,15H,2,7-10H2,1H3. The summed E-state index contributed by atoms with van der Waals surface area (Å²) in [6.07, 6.45) is 3.68. The largest absolute Gasteiger partial charge is 0.378 e. The van der Waals surface area contributed by atoms with Gasteiger partial charge < -0.3 is 4.74 Å². The fourth-order valence-corrected chi connectivity index (χ4v) is 2.56. The molecule has 98 valence electrons. The van der Waals surface area contributed by atoms with E-state index in [0.717, 1.165) is 25.0 Å². The zero-order valence-corrected chi connectivity index (χ0v) is 11.5. The van der Waals surface area contributed by atoms with E-state index in [9.17, 15) is 4.79 Å². The van der Waals surface area contributed by atoms with E-state index in [-0.39, 0.29) is 0 Å². The Kier molecular flexibility index (Phi) is 4.79. The first kappa shape index (κ1) is 13.6. The predicted molar refractivity (Wildman–Crippen MR) is 72.9 cm³/mol. The Morgan fingerprint density at radius 3 is 2.61 bits per heavy atom. The Morgan fingerprint density at radius 1 is 1.33 bits per heavy atom. The summed E-state index contributed by atoms with van der Waals surface area (Å²) in [5, 5.41) is 0.713. The lowest BCUT2D eigenvalue weighted by Gasteiger charge is -2.34. The van der Waals surface area contributed by atoms with Crippen molar-refractivity contribution in [2.24, 2.45) is 5.92 Å². The van der Waals surface area contributed by atoms with Crippen LogP contribution in [-0.2, 0) is 16.0 Å². The van der Waals surface area contributed by atoms with Crippen molar-refractivity contribution in [3.05, 3.63) is 34.9 Å². The number of carbonyl (C=O) groups is 1. The molecular weight excluding hydrogens is 248 g/mol. The van der Waals surface area contributed by atoms with Gasteiger partial charge in [-0.05, 0) is 43.4 Å². The van der Waals surface area contributed by atoms with Crippen molar-refractivity contribution < 1.29 is 9.53 Å². The third kappa shape index (κ3) is 3.82. The van der Waals surface area contributed by atoms with Crippen LogP contribution in [0.3, 0.4) is 0 Å². The van der Waals surface area contributed by atoms with Crippen LogP contribution < -0.4 is 0 Å². The van der Waals surface area contributed by atoms with Gasteiger partial charge in [0.2, 0.25) is 0 Å². The molecule has 1 fully saturated rings. The third-order valence-electron chi connectivity index (χ3n) is 3.43. The number of carbonyl (C=O) groups excluding carboxylic acids is 1. The van der Waals surface area contributed by atoms with E-state index in [0.29, 0.717) is 35.7 Å². The number of Topliss-reactive ketones (excluding diaryl/α,β-unsaturated/α-hetero) is 1. The van der Waals surface area contributed by atoms with Gasteiger partial charge in [0.05, 0.1) is 6.10 Å². The van der Waals surface area contributed by atoms with Crippen LogP contribution in [0.25, 0.3) is 0 Å². The first-order valence-corrected chi connectivity index (χ1v) is 6.93. The van der Waals surface area contributed by atoms with Crippen molar-refractivity contribution in [3.8, 4) is 0 Å². The molecule has 0 radical (unpaired) electrons. The highest BCUT2D eigenvalue weighted by Crippen LogP contribution is 2.33. The molecule has 1 aromatic rings. The molecule has 2 rings (SSSR count). The molecule has 0 N–H and O–H groups in total. The normalized spacial score (nSPS) is 22.6. The van der Waals surface area contributed by atoms with Gasteiger partial charge in [0.1, 0.15) is 5.78 Å². The molecule has 0 aromatic heterocycles. The van der Waals surface area contributed by atoms with Crippen LogP contribution in [-0.4, -0.2) is 18.5 Å². The minimum atomic E-state index is 0.317. The summed E-state index contributed by atoms with van der Waals surface area (Å²) in [5.74, 6) is 0.846. The van der Waals surface area contributed by atoms with Gasteiger partial charge in [0.15, 0.2) is 0 Å². The summed E-state index contributed by atoms with van der Waals surface area (Å²) >= 11 is 5.81. The Morgan fingerprint density at radius 2 is 2.00 bits per heavy atom. The van der Waals surface area contributed by atoms with Gasteiger partial charge in [0, 0.05) is 24.5 Å². The first-order valence-electron chi connectivity index (χ1n) is 6.55. The molecule has 3 heteroatoms. The van der Waals surface area contributed by atoms with Gasteiger partial charge in [-0.1, -0.05) is 23.7 Å². The van der Waals surface area contributed by atoms with E-state index in [1.54, 1.807) is 0 Å². The Bertz CT molecular complexity index is 393. The number of hydrogen-bond acceptors (Lipinski definition) is 2. The smallest absolute Gasteiger partial charge is 0.137 e. The second kappa shape index (κ2) is 6.35. The molecule has 0 unspecified atom stereocenters. The van der Waals surface area contributed by atoms with Crippen LogP contribution in [0, 0.1) is 5.92 Å². The van der Waals surface area contributed by atoms with Crippen LogP contribution >= 0.6 is 11.6 Å². The maximum atomic E-state index is 11.9. The average Bonchev–Trinajstić information content (AvgIpc) is 2.29. The van der Waals surface area contributed by atoms with E-state index in [1.807, 2.05) is 31.2 Å². The lowest BCUT2D eigenvalue weighted by atomic mass is 9.78. The van der Waals surface area contributed by atoms with Crippen molar-refractivity contribution in [3.63, 3.8) is 0 Å². The quantitative estimate of drug-likeness (QED) is 0.786. The molecule has 0 heterocycles. The summed E-state index contributed by atoms with van der Waals surface area (Å²) in [6, 6.07) is 7.51. The molecule has 0 aliphatic heterocycles. The number of halogens is 1. The van der Waals surface area contributed by atoms with Crippen molar-refractivity contribution in [2.75, 3.05) is 6.61 Å². The van der Waals surface area contributed by atoms with E-state index in [1.165, 1.54) is 0 Å². The minimum Gasteiger partial charge on any atom is -0.378 e. The van der Waals surface area contributed by atoms with E-state index in [2.05, 4.69) is 0 Å². The highest BCUT2D eigenvalue weighted by atomic mass is 35.5. The van der Waals surface area contributed by atoms with Gasteiger partial charge in [-0.2, -0.15) is 0 Å². The summed E-state index contributed by atoms with van der Waals surface area (Å²) in [6.45, 7) is 2.79.